The molecule has 2 aromatic carbocycles. The van der Waals surface area contributed by atoms with E-state index >= 15 is 0 Å². The van der Waals surface area contributed by atoms with E-state index in [2.05, 4.69) is 20.2 Å². The zero-order valence-electron chi connectivity index (χ0n) is 13.7. The Bertz CT molecular complexity index is 925. The molecule has 0 bridgehead atoms. The average Bonchev–Trinajstić information content (AvgIpc) is 2.62. The number of anilines is 2. The molecular weight excluding hydrogens is 336 g/mol. The highest BCUT2D eigenvalue weighted by Gasteiger charge is 2.14. The SMILES string of the molecule is Cc1ccc(S(=O)(=O)Nc2ccc(NCc3ccccc3)nn2)cc1. The van der Waals surface area contributed by atoms with Crippen LogP contribution in [-0.2, 0) is 16.6 Å². The lowest BCUT2D eigenvalue weighted by Gasteiger charge is -2.08. The number of hydrogen-bond donors (Lipinski definition) is 2. The predicted octanol–water partition coefficient (Wildman–Crippen LogP) is 3.20. The van der Waals surface area contributed by atoms with E-state index in [0.717, 1.165) is 11.1 Å². The van der Waals surface area contributed by atoms with Crippen LogP contribution < -0.4 is 10.0 Å². The molecule has 25 heavy (non-hydrogen) atoms. The van der Waals surface area contributed by atoms with Crippen LogP contribution in [0, 0.1) is 6.92 Å². The molecule has 0 unspecified atom stereocenters. The second-order valence-corrected chi connectivity index (χ2v) is 7.24. The molecule has 0 aliphatic rings. The van der Waals surface area contributed by atoms with Crippen molar-refractivity contribution >= 4 is 21.7 Å². The van der Waals surface area contributed by atoms with Gasteiger partial charge in [0.05, 0.1) is 4.90 Å². The molecule has 0 atom stereocenters. The van der Waals surface area contributed by atoms with Gasteiger partial charge in [-0.1, -0.05) is 48.0 Å². The molecule has 3 rings (SSSR count). The van der Waals surface area contributed by atoms with Gasteiger partial charge < -0.3 is 5.32 Å². The molecule has 7 heteroatoms. The highest BCUT2D eigenvalue weighted by molar-refractivity contribution is 7.92. The molecule has 1 heterocycles. The summed E-state index contributed by atoms with van der Waals surface area (Å²) in [6, 6.07) is 19.8. The highest BCUT2D eigenvalue weighted by atomic mass is 32.2. The van der Waals surface area contributed by atoms with Crippen LogP contribution in [0.3, 0.4) is 0 Å². The fraction of sp³-hybridized carbons (Fsp3) is 0.111. The summed E-state index contributed by atoms with van der Waals surface area (Å²) in [4.78, 5) is 0.186. The van der Waals surface area contributed by atoms with Gasteiger partial charge in [0.25, 0.3) is 10.0 Å². The summed E-state index contributed by atoms with van der Waals surface area (Å²) in [6.07, 6.45) is 0. The smallest absolute Gasteiger partial charge is 0.263 e. The van der Waals surface area contributed by atoms with Crippen molar-refractivity contribution in [2.24, 2.45) is 0 Å². The molecule has 0 aliphatic carbocycles. The topological polar surface area (TPSA) is 84.0 Å². The van der Waals surface area contributed by atoms with Crippen LogP contribution in [0.25, 0.3) is 0 Å². The number of rotatable bonds is 6. The summed E-state index contributed by atoms with van der Waals surface area (Å²) in [5.74, 6) is 0.743. The van der Waals surface area contributed by atoms with Crippen LogP contribution in [0.5, 0.6) is 0 Å². The van der Waals surface area contributed by atoms with Gasteiger partial charge in [0, 0.05) is 6.54 Å². The van der Waals surface area contributed by atoms with Crippen molar-refractivity contribution in [1.82, 2.24) is 10.2 Å². The maximum absolute atomic E-state index is 12.3. The number of nitrogens with zero attached hydrogens (tertiary/aromatic N) is 2. The fourth-order valence-corrected chi connectivity index (χ4v) is 3.18. The summed E-state index contributed by atoms with van der Waals surface area (Å²) >= 11 is 0. The van der Waals surface area contributed by atoms with Crippen LogP contribution in [0.4, 0.5) is 11.6 Å². The Kier molecular flexibility index (Phi) is 4.95. The van der Waals surface area contributed by atoms with E-state index in [1.54, 1.807) is 36.4 Å². The molecule has 0 spiro atoms. The lowest BCUT2D eigenvalue weighted by Crippen LogP contribution is -2.14. The molecule has 0 fully saturated rings. The molecule has 128 valence electrons. The zero-order valence-corrected chi connectivity index (χ0v) is 14.5. The largest absolute Gasteiger partial charge is 0.365 e. The molecule has 0 saturated heterocycles. The summed E-state index contributed by atoms with van der Waals surface area (Å²) in [5.41, 5.74) is 2.11. The van der Waals surface area contributed by atoms with Crippen molar-refractivity contribution in [3.05, 3.63) is 77.9 Å². The minimum absolute atomic E-state index is 0.172. The summed E-state index contributed by atoms with van der Waals surface area (Å²) in [7, 11) is -3.67. The highest BCUT2D eigenvalue weighted by Crippen LogP contribution is 2.15. The van der Waals surface area contributed by atoms with Gasteiger partial charge in [0.15, 0.2) is 5.82 Å². The lowest BCUT2D eigenvalue weighted by molar-refractivity contribution is 0.601. The first-order valence-electron chi connectivity index (χ1n) is 7.74. The number of nitrogens with one attached hydrogen (secondary N) is 2. The third kappa shape index (κ3) is 4.54. The van der Waals surface area contributed by atoms with Gasteiger partial charge in [-0.05, 0) is 36.8 Å². The normalized spacial score (nSPS) is 11.1. The Hall–Kier alpha value is -2.93. The third-order valence-electron chi connectivity index (χ3n) is 3.55. The van der Waals surface area contributed by atoms with E-state index in [1.165, 1.54) is 0 Å². The van der Waals surface area contributed by atoms with E-state index in [-0.39, 0.29) is 10.7 Å². The van der Waals surface area contributed by atoms with E-state index in [4.69, 9.17) is 0 Å². The average molecular weight is 354 g/mol. The molecule has 3 aromatic rings. The van der Waals surface area contributed by atoms with Gasteiger partial charge >= 0.3 is 0 Å². The zero-order chi connectivity index (χ0) is 17.7. The number of benzene rings is 2. The Morgan fingerprint density at radius 1 is 0.840 bits per heavy atom. The summed E-state index contributed by atoms with van der Waals surface area (Å²) in [5, 5.41) is 11.1. The first-order chi connectivity index (χ1) is 12.0. The van der Waals surface area contributed by atoms with Gasteiger partial charge in [0.1, 0.15) is 5.82 Å². The molecule has 0 radical (unpaired) electrons. The van der Waals surface area contributed by atoms with Gasteiger partial charge in [-0.25, -0.2) is 8.42 Å². The van der Waals surface area contributed by atoms with Crippen molar-refractivity contribution < 1.29 is 8.42 Å². The molecular formula is C18H18N4O2S. The van der Waals surface area contributed by atoms with Crippen molar-refractivity contribution in [2.75, 3.05) is 10.0 Å². The fourth-order valence-electron chi connectivity index (χ4n) is 2.18. The van der Waals surface area contributed by atoms with Crippen molar-refractivity contribution in [1.29, 1.82) is 0 Å². The van der Waals surface area contributed by atoms with Crippen LogP contribution in [0.2, 0.25) is 0 Å². The first-order valence-corrected chi connectivity index (χ1v) is 9.22. The number of aromatic nitrogens is 2. The lowest BCUT2D eigenvalue weighted by atomic mass is 10.2. The van der Waals surface area contributed by atoms with E-state index in [0.29, 0.717) is 12.4 Å². The Labute approximate surface area is 147 Å². The molecule has 6 nitrogen and oxygen atoms in total. The van der Waals surface area contributed by atoms with E-state index in [9.17, 15) is 8.42 Å². The second-order valence-electron chi connectivity index (χ2n) is 5.56. The molecule has 0 aliphatic heterocycles. The molecule has 1 aromatic heterocycles. The maximum Gasteiger partial charge on any atom is 0.263 e. The predicted molar refractivity (Wildman–Crippen MR) is 97.8 cm³/mol. The summed E-state index contributed by atoms with van der Waals surface area (Å²) < 4.78 is 27.1. The quantitative estimate of drug-likeness (QED) is 0.710. The molecule has 2 N–H and O–H groups in total. The number of sulfonamides is 1. The van der Waals surface area contributed by atoms with E-state index in [1.807, 2.05) is 37.3 Å². The van der Waals surface area contributed by atoms with Gasteiger partial charge in [-0.3, -0.25) is 4.72 Å². The Morgan fingerprint density at radius 2 is 1.48 bits per heavy atom. The first kappa shape index (κ1) is 16.9. The third-order valence-corrected chi connectivity index (χ3v) is 4.92. The van der Waals surface area contributed by atoms with Crippen molar-refractivity contribution in [3.63, 3.8) is 0 Å². The van der Waals surface area contributed by atoms with Crippen LogP contribution in [-0.4, -0.2) is 18.6 Å². The molecule has 0 saturated carbocycles. The van der Waals surface area contributed by atoms with Crippen LogP contribution in [0.15, 0.2) is 71.6 Å². The van der Waals surface area contributed by atoms with E-state index < -0.39 is 10.0 Å². The standard InChI is InChI=1S/C18H18N4O2S/c1-14-7-9-16(10-8-14)25(23,24)22-18-12-11-17(20-21-18)19-13-15-5-3-2-4-6-15/h2-12H,13H2,1H3,(H,19,20)(H,21,22). The second kappa shape index (κ2) is 7.31. The van der Waals surface area contributed by atoms with Gasteiger partial charge in [0.2, 0.25) is 0 Å². The number of aryl methyl sites for hydroxylation is 1. The van der Waals surface area contributed by atoms with Gasteiger partial charge in [-0.2, -0.15) is 0 Å². The Balaban J connectivity index is 1.65. The Morgan fingerprint density at radius 3 is 2.12 bits per heavy atom. The molecule has 0 amide bonds. The van der Waals surface area contributed by atoms with Crippen molar-refractivity contribution in [2.45, 2.75) is 18.4 Å². The minimum atomic E-state index is -3.67. The summed E-state index contributed by atoms with van der Waals surface area (Å²) in [6.45, 7) is 2.51. The number of hydrogen-bond acceptors (Lipinski definition) is 5. The minimum Gasteiger partial charge on any atom is -0.365 e. The monoisotopic (exact) mass is 354 g/mol. The van der Waals surface area contributed by atoms with Gasteiger partial charge in [-0.15, -0.1) is 10.2 Å². The maximum atomic E-state index is 12.3. The van der Waals surface area contributed by atoms with Crippen LogP contribution in [0.1, 0.15) is 11.1 Å². The van der Waals surface area contributed by atoms with Crippen LogP contribution >= 0.6 is 0 Å². The van der Waals surface area contributed by atoms with Crippen molar-refractivity contribution in [3.8, 4) is 0 Å².